The highest BCUT2D eigenvalue weighted by molar-refractivity contribution is 7.26. The molecule has 0 bridgehead atoms. The van der Waals surface area contributed by atoms with Gasteiger partial charge in [0, 0.05) is 43.9 Å². The lowest BCUT2D eigenvalue weighted by molar-refractivity contribution is 0.768. The number of benzene rings is 11. The Labute approximate surface area is 413 Å². The molecule has 0 radical (unpaired) electrons. The maximum atomic E-state index is 2.44. The number of nitrogens with zero attached hydrogens (tertiary/aromatic N) is 2. The summed E-state index contributed by atoms with van der Waals surface area (Å²) >= 11 is 1.86. The molecule has 0 spiro atoms. The molecule has 1 aliphatic carbocycles. The Morgan fingerprint density at radius 2 is 0.729 bits per heavy atom. The van der Waals surface area contributed by atoms with Crippen LogP contribution in [0.5, 0.6) is 0 Å². The van der Waals surface area contributed by atoms with Crippen molar-refractivity contribution in [1.29, 1.82) is 0 Å². The lowest BCUT2D eigenvalue weighted by Gasteiger charge is -2.35. The molecule has 2 nitrogen and oxygen atoms in total. The van der Waals surface area contributed by atoms with Gasteiger partial charge in [0.1, 0.15) is 0 Å². The Bertz CT molecular complexity index is 3750. The Morgan fingerprint density at radius 1 is 0.286 bits per heavy atom. The molecule has 0 N–H and O–H groups in total. The summed E-state index contributed by atoms with van der Waals surface area (Å²) in [5.74, 6) is 0. The van der Waals surface area contributed by atoms with Gasteiger partial charge in [-0.25, -0.2) is 0 Å². The summed E-state index contributed by atoms with van der Waals surface area (Å²) in [6.45, 7) is 0. The van der Waals surface area contributed by atoms with Gasteiger partial charge in [0.15, 0.2) is 0 Å². The highest BCUT2D eigenvalue weighted by Crippen LogP contribution is 2.57. The Kier molecular flexibility index (Phi) is 10.3. The average molecular weight is 911 g/mol. The predicted molar refractivity (Wildman–Crippen MR) is 297 cm³/mol. The van der Waals surface area contributed by atoms with Crippen LogP contribution in [-0.4, -0.2) is 0 Å². The van der Waals surface area contributed by atoms with Crippen molar-refractivity contribution in [1.82, 2.24) is 0 Å². The summed E-state index contributed by atoms with van der Waals surface area (Å²) in [4.78, 5) is 4.81. The second-order valence-corrected chi connectivity index (χ2v) is 19.1. The van der Waals surface area contributed by atoms with Crippen molar-refractivity contribution in [3.05, 3.63) is 301 Å². The standard InChI is InChI=1S/C67H46N2S/c1-5-18-47(19-6-1)48-34-40-55(41-35-48)69(64-30-17-28-61-60-27-14-16-31-65(60)70-66(61)64)56-42-36-50(37-43-56)49-32-38-54(39-33-49)68(53-24-11-4-12-25-53)57-44-45-59-58-26-13-15-29-62(58)67(63(59)46-57,51-20-7-2-8-21-51)52-22-9-3-10-23-52/h1-46H. The maximum Gasteiger partial charge on any atom is 0.0714 e. The first-order valence-electron chi connectivity index (χ1n) is 24.0. The normalized spacial score (nSPS) is 12.4. The van der Waals surface area contributed by atoms with E-state index in [2.05, 4.69) is 289 Å². The van der Waals surface area contributed by atoms with Crippen LogP contribution in [0.3, 0.4) is 0 Å². The number of thiophene rings is 1. The van der Waals surface area contributed by atoms with Crippen LogP contribution in [0.2, 0.25) is 0 Å². The van der Waals surface area contributed by atoms with Crippen LogP contribution in [0.1, 0.15) is 22.3 Å². The number of para-hydroxylation sites is 1. The summed E-state index contributed by atoms with van der Waals surface area (Å²) in [5.41, 5.74) is 18.6. The summed E-state index contributed by atoms with van der Waals surface area (Å²) in [5, 5.41) is 2.57. The SMILES string of the molecule is c1ccc(-c2ccc(N(c3ccc(-c4ccc(N(c5ccccc5)c5ccc6c(c5)C(c5ccccc5)(c5ccccc5)c5ccccc5-6)cc4)cc3)c3cccc4c3sc3ccccc34)cc2)cc1. The monoisotopic (exact) mass is 910 g/mol. The lowest BCUT2D eigenvalue weighted by atomic mass is 9.67. The van der Waals surface area contributed by atoms with Crippen LogP contribution in [-0.2, 0) is 5.41 Å². The second kappa shape index (κ2) is 17.4. The first-order valence-corrected chi connectivity index (χ1v) is 24.8. The zero-order chi connectivity index (χ0) is 46.4. The molecule has 1 aliphatic rings. The molecule has 70 heavy (non-hydrogen) atoms. The highest BCUT2D eigenvalue weighted by atomic mass is 32.1. The van der Waals surface area contributed by atoms with Crippen molar-refractivity contribution in [2.24, 2.45) is 0 Å². The van der Waals surface area contributed by atoms with Crippen LogP contribution >= 0.6 is 11.3 Å². The van der Waals surface area contributed by atoms with Gasteiger partial charge >= 0.3 is 0 Å². The molecule has 0 amide bonds. The van der Waals surface area contributed by atoms with Crippen molar-refractivity contribution in [3.63, 3.8) is 0 Å². The van der Waals surface area contributed by atoms with E-state index in [-0.39, 0.29) is 0 Å². The highest BCUT2D eigenvalue weighted by Gasteiger charge is 2.46. The molecule has 330 valence electrons. The minimum absolute atomic E-state index is 0.492. The molecule has 0 fully saturated rings. The second-order valence-electron chi connectivity index (χ2n) is 18.0. The fourth-order valence-corrected chi connectivity index (χ4v) is 12.2. The molecule has 0 saturated carbocycles. The molecule has 0 atom stereocenters. The maximum absolute atomic E-state index is 2.44. The van der Waals surface area contributed by atoms with Crippen molar-refractivity contribution < 1.29 is 0 Å². The third-order valence-corrected chi connectivity index (χ3v) is 15.4. The van der Waals surface area contributed by atoms with Gasteiger partial charge < -0.3 is 9.80 Å². The molecule has 12 aromatic rings. The molecule has 13 rings (SSSR count). The first-order chi connectivity index (χ1) is 34.7. The van der Waals surface area contributed by atoms with Crippen LogP contribution in [0.25, 0.3) is 53.6 Å². The smallest absolute Gasteiger partial charge is 0.0714 e. The van der Waals surface area contributed by atoms with Crippen LogP contribution < -0.4 is 9.80 Å². The molecular formula is C67H46N2S. The molecule has 1 heterocycles. The fourth-order valence-electron chi connectivity index (χ4n) is 11.0. The van der Waals surface area contributed by atoms with E-state index in [1.807, 2.05) is 11.3 Å². The van der Waals surface area contributed by atoms with Crippen molar-refractivity contribution in [3.8, 4) is 33.4 Å². The topological polar surface area (TPSA) is 6.48 Å². The van der Waals surface area contributed by atoms with E-state index < -0.39 is 5.41 Å². The van der Waals surface area contributed by atoms with Crippen LogP contribution in [0.4, 0.5) is 34.1 Å². The quantitative estimate of drug-likeness (QED) is 0.135. The average Bonchev–Trinajstić information content (AvgIpc) is 3.97. The van der Waals surface area contributed by atoms with Gasteiger partial charge in [-0.2, -0.15) is 0 Å². The molecule has 0 aliphatic heterocycles. The van der Waals surface area contributed by atoms with Gasteiger partial charge in [0.05, 0.1) is 15.8 Å². The Morgan fingerprint density at radius 3 is 1.34 bits per heavy atom. The zero-order valence-electron chi connectivity index (χ0n) is 38.4. The minimum atomic E-state index is -0.492. The summed E-state index contributed by atoms with van der Waals surface area (Å²) in [7, 11) is 0. The molecule has 3 heteroatoms. The molecular weight excluding hydrogens is 865 g/mol. The van der Waals surface area contributed by atoms with Crippen molar-refractivity contribution in [2.75, 3.05) is 9.80 Å². The minimum Gasteiger partial charge on any atom is -0.310 e. The summed E-state index contributed by atoms with van der Waals surface area (Å²) in [6, 6.07) is 102. The third-order valence-electron chi connectivity index (χ3n) is 14.2. The van der Waals surface area contributed by atoms with Gasteiger partial charge in [-0.3, -0.25) is 0 Å². The van der Waals surface area contributed by atoms with Gasteiger partial charge in [0.2, 0.25) is 0 Å². The van der Waals surface area contributed by atoms with E-state index in [0.29, 0.717) is 0 Å². The van der Waals surface area contributed by atoms with E-state index >= 15 is 0 Å². The van der Waals surface area contributed by atoms with Gasteiger partial charge in [-0.05, 0) is 128 Å². The number of hydrogen-bond acceptors (Lipinski definition) is 3. The number of rotatable bonds is 10. The number of hydrogen-bond donors (Lipinski definition) is 0. The van der Waals surface area contributed by atoms with Gasteiger partial charge in [-0.1, -0.05) is 206 Å². The largest absolute Gasteiger partial charge is 0.310 e. The van der Waals surface area contributed by atoms with Gasteiger partial charge in [-0.15, -0.1) is 11.3 Å². The number of anilines is 6. The van der Waals surface area contributed by atoms with Crippen molar-refractivity contribution in [2.45, 2.75) is 5.41 Å². The van der Waals surface area contributed by atoms with E-state index in [0.717, 1.165) is 39.6 Å². The Balaban J connectivity index is 0.885. The molecule has 0 saturated heterocycles. The van der Waals surface area contributed by atoms with Crippen molar-refractivity contribution >= 4 is 65.6 Å². The van der Waals surface area contributed by atoms with Crippen LogP contribution in [0.15, 0.2) is 279 Å². The summed E-state index contributed by atoms with van der Waals surface area (Å²) in [6.07, 6.45) is 0. The van der Waals surface area contributed by atoms with E-state index in [4.69, 9.17) is 0 Å². The fraction of sp³-hybridized carbons (Fsp3) is 0.0149. The predicted octanol–water partition coefficient (Wildman–Crippen LogP) is 18.7. The molecule has 11 aromatic carbocycles. The van der Waals surface area contributed by atoms with E-state index in [1.54, 1.807) is 0 Å². The first kappa shape index (κ1) is 41.4. The van der Waals surface area contributed by atoms with E-state index in [1.165, 1.54) is 70.4 Å². The van der Waals surface area contributed by atoms with E-state index in [9.17, 15) is 0 Å². The Hall–Kier alpha value is -8.76. The third kappa shape index (κ3) is 6.93. The lowest BCUT2D eigenvalue weighted by Crippen LogP contribution is -2.28. The molecule has 0 unspecified atom stereocenters. The van der Waals surface area contributed by atoms with Gasteiger partial charge in [0.25, 0.3) is 0 Å². The zero-order valence-corrected chi connectivity index (χ0v) is 39.2. The molecule has 1 aromatic heterocycles. The summed E-state index contributed by atoms with van der Waals surface area (Å²) < 4.78 is 2.57. The number of fused-ring (bicyclic) bond motifs is 6. The van der Waals surface area contributed by atoms with Crippen LogP contribution in [0, 0.1) is 0 Å².